The van der Waals surface area contributed by atoms with Gasteiger partial charge in [0.15, 0.2) is 0 Å². The van der Waals surface area contributed by atoms with Crippen molar-refractivity contribution in [1.82, 2.24) is 9.80 Å². The fourth-order valence-corrected chi connectivity index (χ4v) is 2.27. The van der Waals surface area contributed by atoms with Crippen molar-refractivity contribution in [2.45, 2.75) is 26.8 Å². The molecule has 0 aromatic heterocycles. The zero-order chi connectivity index (χ0) is 14.7. The minimum Gasteiger partial charge on any atom is -0.481 e. The molecule has 19 heavy (non-hydrogen) atoms. The van der Waals surface area contributed by atoms with Crippen LogP contribution in [0.2, 0.25) is 0 Å². The predicted octanol–water partition coefficient (Wildman–Crippen LogP) is -0.0454. The van der Waals surface area contributed by atoms with Gasteiger partial charge in [-0.25, -0.2) is 4.79 Å². The van der Waals surface area contributed by atoms with Gasteiger partial charge in [-0.1, -0.05) is 6.92 Å². The van der Waals surface area contributed by atoms with Crippen molar-refractivity contribution in [3.8, 4) is 0 Å². The van der Waals surface area contributed by atoms with E-state index in [0.29, 0.717) is 6.54 Å². The Kier molecular flexibility index (Phi) is 4.74. The van der Waals surface area contributed by atoms with Crippen LogP contribution in [0.4, 0.5) is 4.79 Å². The summed E-state index contributed by atoms with van der Waals surface area (Å²) >= 11 is 0. The summed E-state index contributed by atoms with van der Waals surface area (Å²) < 4.78 is 0. The first-order valence-corrected chi connectivity index (χ1v) is 6.30. The van der Waals surface area contributed by atoms with Crippen LogP contribution in [-0.4, -0.2) is 58.5 Å². The second kappa shape index (κ2) is 5.90. The average molecular weight is 271 g/mol. The van der Waals surface area contributed by atoms with Crippen molar-refractivity contribution >= 4 is 17.9 Å². The maximum Gasteiger partial charge on any atom is 0.320 e. The average Bonchev–Trinajstić information content (AvgIpc) is 2.66. The number of hydrogen-bond donors (Lipinski definition) is 2. The van der Waals surface area contributed by atoms with Gasteiger partial charge in [-0.05, 0) is 19.8 Å². The second-order valence-electron chi connectivity index (χ2n) is 5.30. The van der Waals surface area contributed by atoms with Gasteiger partial charge in [0.05, 0.1) is 5.92 Å². The lowest BCUT2D eigenvalue weighted by Crippen LogP contribution is -2.49. The Labute approximate surface area is 112 Å². The van der Waals surface area contributed by atoms with Gasteiger partial charge in [-0.2, -0.15) is 0 Å². The van der Waals surface area contributed by atoms with Crippen LogP contribution in [0.3, 0.4) is 0 Å². The molecule has 0 aliphatic carbocycles. The first-order valence-electron chi connectivity index (χ1n) is 6.30. The van der Waals surface area contributed by atoms with E-state index in [1.807, 2.05) is 0 Å². The van der Waals surface area contributed by atoms with Gasteiger partial charge in [0.1, 0.15) is 6.54 Å². The molecule has 0 radical (unpaired) electrons. The van der Waals surface area contributed by atoms with Gasteiger partial charge < -0.3 is 20.6 Å². The minimum absolute atomic E-state index is 0.0935. The normalized spacial score (nSPS) is 22.6. The lowest BCUT2D eigenvalue weighted by molar-refractivity contribution is -0.142. The highest BCUT2D eigenvalue weighted by atomic mass is 16.4. The predicted molar refractivity (Wildman–Crippen MR) is 68.3 cm³/mol. The Bertz CT molecular complexity index is 383. The third kappa shape index (κ3) is 3.59. The second-order valence-corrected chi connectivity index (χ2v) is 5.30. The lowest BCUT2D eigenvalue weighted by atomic mass is 9.99. The number of likely N-dealkylation sites (tertiary alicyclic amines) is 1. The standard InChI is InChI=1S/C12H21N3O4/c1-7(2)15(6-10(13)16)12(19)14-4-8(3)9(5-14)11(17)18/h7-9H,4-6H2,1-3H3,(H2,13,16)(H,17,18). The van der Waals surface area contributed by atoms with Crippen molar-refractivity contribution in [3.05, 3.63) is 0 Å². The number of urea groups is 1. The van der Waals surface area contributed by atoms with Crippen LogP contribution < -0.4 is 5.73 Å². The summed E-state index contributed by atoms with van der Waals surface area (Å²) in [6, 6.07) is -0.497. The summed E-state index contributed by atoms with van der Waals surface area (Å²) in [5.74, 6) is -2.12. The Morgan fingerprint density at radius 3 is 2.32 bits per heavy atom. The molecule has 0 spiro atoms. The zero-order valence-corrected chi connectivity index (χ0v) is 11.5. The van der Waals surface area contributed by atoms with Crippen molar-refractivity contribution in [2.24, 2.45) is 17.6 Å². The van der Waals surface area contributed by atoms with E-state index in [0.717, 1.165) is 0 Å². The molecule has 2 unspecified atom stereocenters. The van der Waals surface area contributed by atoms with E-state index in [-0.39, 0.29) is 31.1 Å². The van der Waals surface area contributed by atoms with Gasteiger partial charge >= 0.3 is 12.0 Å². The van der Waals surface area contributed by atoms with Crippen LogP contribution >= 0.6 is 0 Å². The largest absolute Gasteiger partial charge is 0.481 e. The molecule has 1 saturated heterocycles. The molecule has 0 bridgehead atoms. The number of rotatable bonds is 4. The van der Waals surface area contributed by atoms with Crippen molar-refractivity contribution in [1.29, 1.82) is 0 Å². The van der Waals surface area contributed by atoms with E-state index in [2.05, 4.69) is 0 Å². The SMILES string of the molecule is CC1CN(C(=O)N(CC(N)=O)C(C)C)CC1C(=O)O. The van der Waals surface area contributed by atoms with Gasteiger partial charge in [0, 0.05) is 19.1 Å². The number of aliphatic carboxylic acids is 1. The number of nitrogens with zero attached hydrogens (tertiary/aromatic N) is 2. The molecule has 1 fully saturated rings. The van der Waals surface area contributed by atoms with Crippen LogP contribution in [0.5, 0.6) is 0 Å². The third-order valence-electron chi connectivity index (χ3n) is 3.40. The summed E-state index contributed by atoms with van der Waals surface area (Å²) in [5, 5.41) is 9.05. The Morgan fingerprint density at radius 1 is 1.37 bits per heavy atom. The van der Waals surface area contributed by atoms with E-state index in [1.165, 1.54) is 9.80 Å². The fourth-order valence-electron chi connectivity index (χ4n) is 2.27. The molecule has 7 nitrogen and oxygen atoms in total. The zero-order valence-electron chi connectivity index (χ0n) is 11.5. The maximum atomic E-state index is 12.3. The van der Waals surface area contributed by atoms with Crippen LogP contribution in [0.25, 0.3) is 0 Å². The Hall–Kier alpha value is -1.79. The Balaban J connectivity index is 2.76. The molecule has 3 N–H and O–H groups in total. The molecule has 0 aromatic carbocycles. The molecule has 0 aromatic rings. The lowest BCUT2D eigenvalue weighted by Gasteiger charge is -2.30. The van der Waals surface area contributed by atoms with Gasteiger partial charge in [-0.3, -0.25) is 9.59 Å². The molecule has 0 saturated carbocycles. The first-order chi connectivity index (χ1) is 8.73. The summed E-state index contributed by atoms with van der Waals surface area (Å²) in [4.78, 5) is 37.1. The van der Waals surface area contributed by atoms with Crippen molar-refractivity contribution in [3.63, 3.8) is 0 Å². The molecule has 1 aliphatic rings. The molecule has 1 aliphatic heterocycles. The van der Waals surface area contributed by atoms with Gasteiger partial charge in [-0.15, -0.1) is 0 Å². The molecule has 2 atom stereocenters. The van der Waals surface area contributed by atoms with Crippen molar-refractivity contribution < 1.29 is 19.5 Å². The minimum atomic E-state index is -0.895. The number of primary amides is 1. The number of nitrogens with two attached hydrogens (primary N) is 1. The number of hydrogen-bond acceptors (Lipinski definition) is 3. The molecule has 3 amide bonds. The molecule has 108 valence electrons. The van der Waals surface area contributed by atoms with E-state index < -0.39 is 17.8 Å². The first kappa shape index (κ1) is 15.3. The van der Waals surface area contributed by atoms with Gasteiger partial charge in [0.2, 0.25) is 5.91 Å². The molecule has 1 heterocycles. The van der Waals surface area contributed by atoms with Crippen molar-refractivity contribution in [2.75, 3.05) is 19.6 Å². The van der Waals surface area contributed by atoms with Crippen LogP contribution in [0, 0.1) is 11.8 Å². The highest BCUT2D eigenvalue weighted by Crippen LogP contribution is 2.24. The molecule has 7 heteroatoms. The third-order valence-corrected chi connectivity index (χ3v) is 3.40. The molecular weight excluding hydrogens is 250 g/mol. The Morgan fingerprint density at radius 2 is 1.95 bits per heavy atom. The number of carbonyl (C=O) groups is 3. The maximum absolute atomic E-state index is 12.3. The highest BCUT2D eigenvalue weighted by molar-refractivity contribution is 5.84. The number of amides is 3. The van der Waals surface area contributed by atoms with Crippen LogP contribution in [0.1, 0.15) is 20.8 Å². The smallest absolute Gasteiger partial charge is 0.320 e. The van der Waals surface area contributed by atoms with E-state index >= 15 is 0 Å². The van der Waals surface area contributed by atoms with E-state index in [1.54, 1.807) is 20.8 Å². The van der Waals surface area contributed by atoms with Gasteiger partial charge in [0.25, 0.3) is 0 Å². The summed E-state index contributed by atoms with van der Waals surface area (Å²) in [6.07, 6.45) is 0. The number of carboxylic acids is 1. The fraction of sp³-hybridized carbons (Fsp3) is 0.750. The van der Waals surface area contributed by atoms with Crippen LogP contribution in [0.15, 0.2) is 0 Å². The summed E-state index contributed by atoms with van der Waals surface area (Å²) in [7, 11) is 0. The highest BCUT2D eigenvalue weighted by Gasteiger charge is 2.38. The quantitative estimate of drug-likeness (QED) is 0.748. The monoisotopic (exact) mass is 271 g/mol. The number of carbonyl (C=O) groups excluding carboxylic acids is 2. The van der Waals surface area contributed by atoms with E-state index in [9.17, 15) is 14.4 Å². The molecular formula is C12H21N3O4. The summed E-state index contributed by atoms with van der Waals surface area (Å²) in [6.45, 7) is 5.79. The number of carboxylic acid groups (broad SMARTS) is 1. The summed E-state index contributed by atoms with van der Waals surface area (Å²) in [5.41, 5.74) is 5.12. The topological polar surface area (TPSA) is 104 Å². The van der Waals surface area contributed by atoms with E-state index in [4.69, 9.17) is 10.8 Å². The van der Waals surface area contributed by atoms with Crippen LogP contribution in [-0.2, 0) is 9.59 Å². The molecule has 1 rings (SSSR count).